The average molecular weight is 287 g/mol. The molecule has 2 aromatic rings. The second kappa shape index (κ2) is 4.75. The van der Waals surface area contributed by atoms with Gasteiger partial charge in [0.15, 0.2) is 0 Å². The van der Waals surface area contributed by atoms with Crippen LogP contribution in [0, 0.1) is 10.1 Å². The number of aromatic nitrogens is 2. The zero-order chi connectivity index (χ0) is 15.0. The van der Waals surface area contributed by atoms with Gasteiger partial charge in [0.1, 0.15) is 0 Å². The first-order chi connectivity index (χ1) is 10.1. The van der Waals surface area contributed by atoms with E-state index in [9.17, 15) is 19.7 Å². The fourth-order valence-electron chi connectivity index (χ4n) is 2.24. The van der Waals surface area contributed by atoms with Crippen molar-refractivity contribution in [2.24, 2.45) is 0 Å². The number of nitro benzene ring substituents is 1. The summed E-state index contributed by atoms with van der Waals surface area (Å²) in [7, 11) is 0. The number of ether oxygens (including phenoxy) is 1. The molecule has 106 valence electrons. The van der Waals surface area contributed by atoms with Gasteiger partial charge in [-0.05, 0) is 11.6 Å². The number of nitrogens with zero attached hydrogens (tertiary/aromatic N) is 1. The Bertz CT molecular complexity index is 865. The molecule has 0 saturated carbocycles. The molecule has 0 aliphatic carbocycles. The predicted molar refractivity (Wildman–Crippen MR) is 72.4 cm³/mol. The van der Waals surface area contributed by atoms with E-state index in [0.29, 0.717) is 5.56 Å². The number of hydrogen-bond donors (Lipinski definition) is 2. The number of nitro groups is 1. The third kappa shape index (κ3) is 2.22. The third-order valence-corrected chi connectivity index (χ3v) is 3.15. The molecule has 0 bridgehead atoms. The summed E-state index contributed by atoms with van der Waals surface area (Å²) in [6.07, 6.45) is 2.93. The van der Waals surface area contributed by atoms with Gasteiger partial charge in [-0.2, -0.15) is 0 Å². The zero-order valence-electron chi connectivity index (χ0n) is 10.5. The molecule has 1 unspecified atom stereocenters. The van der Waals surface area contributed by atoms with Gasteiger partial charge in [-0.15, -0.1) is 0 Å². The van der Waals surface area contributed by atoms with Crippen molar-refractivity contribution in [2.45, 2.75) is 5.92 Å². The van der Waals surface area contributed by atoms with Gasteiger partial charge in [-0.1, -0.05) is 12.1 Å². The molecular formula is C13H9N3O5. The standard InChI is InChI=1S/C13H9N3O5/c17-11-10-9(4-5-21-12(10)15-13(18)14-11)7-2-1-3-8(6-7)16(19)20/h1-6,9H,(H2,14,15,17,18). The van der Waals surface area contributed by atoms with Gasteiger partial charge < -0.3 is 4.74 Å². The molecule has 1 atom stereocenters. The second-order valence-electron chi connectivity index (χ2n) is 4.43. The van der Waals surface area contributed by atoms with E-state index < -0.39 is 22.1 Å². The Balaban J connectivity index is 2.17. The number of allylic oxidation sites excluding steroid dienone is 1. The summed E-state index contributed by atoms with van der Waals surface area (Å²) in [6.45, 7) is 0. The van der Waals surface area contributed by atoms with Gasteiger partial charge in [-0.3, -0.25) is 24.9 Å². The number of rotatable bonds is 2. The first-order valence-corrected chi connectivity index (χ1v) is 6.00. The van der Waals surface area contributed by atoms with Gasteiger partial charge in [0.2, 0.25) is 5.88 Å². The van der Waals surface area contributed by atoms with Crippen molar-refractivity contribution in [1.82, 2.24) is 9.97 Å². The first kappa shape index (κ1) is 12.9. The van der Waals surface area contributed by atoms with Crippen LogP contribution in [0.25, 0.3) is 0 Å². The zero-order valence-corrected chi connectivity index (χ0v) is 10.5. The van der Waals surface area contributed by atoms with Crippen LogP contribution in [-0.2, 0) is 0 Å². The minimum atomic E-state index is -0.674. The van der Waals surface area contributed by atoms with Crippen molar-refractivity contribution >= 4 is 5.69 Å². The predicted octanol–water partition coefficient (Wildman–Crippen LogP) is 1.01. The molecule has 2 heterocycles. The van der Waals surface area contributed by atoms with Crippen molar-refractivity contribution in [2.75, 3.05) is 0 Å². The number of H-pyrrole nitrogens is 2. The highest BCUT2D eigenvalue weighted by Crippen LogP contribution is 2.33. The first-order valence-electron chi connectivity index (χ1n) is 6.00. The maximum atomic E-state index is 12.0. The molecule has 0 radical (unpaired) electrons. The highest BCUT2D eigenvalue weighted by Gasteiger charge is 2.25. The van der Waals surface area contributed by atoms with E-state index >= 15 is 0 Å². The van der Waals surface area contributed by atoms with Gasteiger partial charge in [-0.25, -0.2) is 4.79 Å². The Labute approximate surface area is 116 Å². The summed E-state index contributed by atoms with van der Waals surface area (Å²) in [5.74, 6) is -0.489. The molecule has 8 heteroatoms. The van der Waals surface area contributed by atoms with Crippen LogP contribution in [0.15, 0.2) is 46.2 Å². The lowest BCUT2D eigenvalue weighted by atomic mass is 9.91. The van der Waals surface area contributed by atoms with Crippen LogP contribution >= 0.6 is 0 Å². The van der Waals surface area contributed by atoms with Crippen LogP contribution in [0.4, 0.5) is 5.69 Å². The van der Waals surface area contributed by atoms with Crippen molar-refractivity contribution in [3.63, 3.8) is 0 Å². The number of aromatic amines is 2. The van der Waals surface area contributed by atoms with Gasteiger partial charge in [0, 0.05) is 18.1 Å². The summed E-state index contributed by atoms with van der Waals surface area (Å²) in [4.78, 5) is 38.0. The number of fused-ring (bicyclic) bond motifs is 1. The van der Waals surface area contributed by atoms with Gasteiger partial charge in [0.25, 0.3) is 11.2 Å². The number of nitrogens with one attached hydrogen (secondary N) is 2. The van der Waals surface area contributed by atoms with E-state index in [2.05, 4.69) is 9.97 Å². The van der Waals surface area contributed by atoms with Crippen LogP contribution in [0.5, 0.6) is 5.88 Å². The number of non-ortho nitro benzene ring substituents is 1. The smallest absolute Gasteiger partial charge is 0.328 e. The van der Waals surface area contributed by atoms with E-state index in [4.69, 9.17) is 4.74 Å². The Morgan fingerprint density at radius 1 is 1.24 bits per heavy atom. The van der Waals surface area contributed by atoms with Crippen molar-refractivity contribution < 1.29 is 9.66 Å². The third-order valence-electron chi connectivity index (χ3n) is 3.15. The van der Waals surface area contributed by atoms with Gasteiger partial charge >= 0.3 is 5.69 Å². The molecular weight excluding hydrogens is 278 g/mol. The van der Waals surface area contributed by atoms with Crippen LogP contribution < -0.4 is 16.0 Å². The molecule has 1 aromatic carbocycles. The fourth-order valence-corrected chi connectivity index (χ4v) is 2.24. The molecule has 1 aliphatic rings. The molecule has 1 aromatic heterocycles. The molecule has 8 nitrogen and oxygen atoms in total. The largest absolute Gasteiger partial charge is 0.448 e. The van der Waals surface area contributed by atoms with Crippen LogP contribution in [0.3, 0.4) is 0 Å². The normalized spacial score (nSPS) is 16.1. The van der Waals surface area contributed by atoms with Crippen LogP contribution in [0.2, 0.25) is 0 Å². The van der Waals surface area contributed by atoms with Crippen molar-refractivity contribution in [1.29, 1.82) is 0 Å². The Kier molecular flexibility index (Phi) is 2.90. The van der Waals surface area contributed by atoms with Crippen LogP contribution in [-0.4, -0.2) is 14.9 Å². The Hall–Kier alpha value is -3.16. The van der Waals surface area contributed by atoms with E-state index in [0.717, 1.165) is 0 Å². The average Bonchev–Trinajstić information content (AvgIpc) is 2.46. The quantitative estimate of drug-likeness (QED) is 0.631. The second-order valence-corrected chi connectivity index (χ2v) is 4.43. The number of benzene rings is 1. The summed E-state index contributed by atoms with van der Waals surface area (Å²) >= 11 is 0. The van der Waals surface area contributed by atoms with E-state index in [1.807, 2.05) is 0 Å². The lowest BCUT2D eigenvalue weighted by Gasteiger charge is -2.19. The van der Waals surface area contributed by atoms with E-state index in [-0.39, 0.29) is 17.1 Å². The molecule has 1 aliphatic heterocycles. The Morgan fingerprint density at radius 2 is 2.05 bits per heavy atom. The topological polar surface area (TPSA) is 118 Å². The highest BCUT2D eigenvalue weighted by atomic mass is 16.6. The van der Waals surface area contributed by atoms with Crippen molar-refractivity contribution in [3.05, 3.63) is 78.7 Å². The maximum Gasteiger partial charge on any atom is 0.328 e. The number of hydrogen-bond acceptors (Lipinski definition) is 5. The SMILES string of the molecule is O=c1[nH]c2c(c(=O)[nH]1)C(c1cccc([N+](=O)[O-])c1)C=CO2. The molecule has 3 rings (SSSR count). The summed E-state index contributed by atoms with van der Waals surface area (Å²) in [6, 6.07) is 5.96. The Morgan fingerprint density at radius 3 is 2.81 bits per heavy atom. The molecule has 21 heavy (non-hydrogen) atoms. The minimum Gasteiger partial charge on any atom is -0.448 e. The van der Waals surface area contributed by atoms with Crippen molar-refractivity contribution in [3.8, 4) is 5.88 Å². The minimum absolute atomic E-state index is 0.0442. The van der Waals surface area contributed by atoms with Gasteiger partial charge in [0.05, 0.1) is 16.7 Å². The van der Waals surface area contributed by atoms with E-state index in [1.165, 1.54) is 24.5 Å². The lowest BCUT2D eigenvalue weighted by Crippen LogP contribution is -2.29. The summed E-state index contributed by atoms with van der Waals surface area (Å²) in [5.41, 5.74) is -0.573. The monoisotopic (exact) mass is 287 g/mol. The maximum absolute atomic E-state index is 12.0. The summed E-state index contributed by atoms with van der Waals surface area (Å²) < 4.78 is 5.12. The molecule has 0 saturated heterocycles. The molecule has 0 fully saturated rings. The molecule has 0 amide bonds. The van der Waals surface area contributed by atoms with Crippen LogP contribution in [0.1, 0.15) is 17.0 Å². The molecule has 0 spiro atoms. The highest BCUT2D eigenvalue weighted by molar-refractivity contribution is 5.46. The van der Waals surface area contributed by atoms with E-state index in [1.54, 1.807) is 12.1 Å². The fraction of sp³-hybridized carbons (Fsp3) is 0.0769. The molecule has 2 N–H and O–H groups in total. The lowest BCUT2D eigenvalue weighted by molar-refractivity contribution is -0.384. The summed E-state index contributed by atoms with van der Waals surface area (Å²) in [5, 5.41) is 10.8.